The SMILES string of the molecule is NCC(=O)N(CC(N)=O)c1ccc([N+](=O)[O-])cc1C(=O)c1ccccc1. The summed E-state index contributed by atoms with van der Waals surface area (Å²) in [6.07, 6.45) is 0. The Labute approximate surface area is 148 Å². The quantitative estimate of drug-likeness (QED) is 0.421. The number of nitro benzene ring substituents is 1. The first-order valence-electron chi connectivity index (χ1n) is 7.52. The molecule has 0 heterocycles. The fraction of sp³-hybridized carbons (Fsp3) is 0.118. The fourth-order valence-electron chi connectivity index (χ4n) is 2.37. The third-order valence-electron chi connectivity index (χ3n) is 3.55. The van der Waals surface area contributed by atoms with Crippen molar-refractivity contribution in [1.82, 2.24) is 0 Å². The van der Waals surface area contributed by atoms with Gasteiger partial charge in [-0.3, -0.25) is 24.5 Å². The van der Waals surface area contributed by atoms with Crippen molar-refractivity contribution >= 4 is 29.0 Å². The number of anilines is 1. The van der Waals surface area contributed by atoms with Crippen LogP contribution in [0.15, 0.2) is 48.5 Å². The zero-order valence-electron chi connectivity index (χ0n) is 13.6. The van der Waals surface area contributed by atoms with Gasteiger partial charge >= 0.3 is 0 Å². The number of amides is 2. The fourth-order valence-corrected chi connectivity index (χ4v) is 2.37. The molecule has 0 aliphatic heterocycles. The molecule has 0 spiro atoms. The van der Waals surface area contributed by atoms with Crippen molar-refractivity contribution in [2.24, 2.45) is 11.5 Å². The molecule has 9 nitrogen and oxygen atoms in total. The number of ketones is 1. The number of nitrogens with zero attached hydrogens (tertiary/aromatic N) is 2. The van der Waals surface area contributed by atoms with Crippen molar-refractivity contribution in [1.29, 1.82) is 0 Å². The average Bonchev–Trinajstić information content (AvgIpc) is 2.65. The van der Waals surface area contributed by atoms with Gasteiger partial charge in [-0.2, -0.15) is 0 Å². The third-order valence-corrected chi connectivity index (χ3v) is 3.55. The molecule has 0 aliphatic rings. The first-order valence-corrected chi connectivity index (χ1v) is 7.52. The van der Waals surface area contributed by atoms with E-state index in [2.05, 4.69) is 0 Å². The van der Waals surface area contributed by atoms with Crippen LogP contribution in [0.3, 0.4) is 0 Å². The van der Waals surface area contributed by atoms with Gasteiger partial charge in [-0.05, 0) is 6.07 Å². The highest BCUT2D eigenvalue weighted by Crippen LogP contribution is 2.28. The Hall–Kier alpha value is -3.59. The molecule has 0 fully saturated rings. The molecule has 0 saturated heterocycles. The Balaban J connectivity index is 2.64. The highest BCUT2D eigenvalue weighted by molar-refractivity contribution is 6.15. The van der Waals surface area contributed by atoms with Crippen LogP contribution in [-0.2, 0) is 9.59 Å². The number of carbonyl (C=O) groups excluding carboxylic acids is 3. The molecular weight excluding hydrogens is 340 g/mol. The van der Waals surface area contributed by atoms with Gasteiger partial charge in [0.05, 0.1) is 22.7 Å². The summed E-state index contributed by atoms with van der Waals surface area (Å²) in [6, 6.07) is 11.5. The Bertz CT molecular complexity index is 867. The van der Waals surface area contributed by atoms with Crippen molar-refractivity contribution in [2.75, 3.05) is 18.0 Å². The van der Waals surface area contributed by atoms with Crippen molar-refractivity contribution in [3.63, 3.8) is 0 Å². The predicted octanol–water partition coefficient (Wildman–Crippen LogP) is 0.603. The van der Waals surface area contributed by atoms with E-state index in [1.54, 1.807) is 18.2 Å². The number of primary amides is 1. The number of rotatable bonds is 7. The second kappa shape index (κ2) is 7.99. The van der Waals surface area contributed by atoms with Gasteiger partial charge in [-0.15, -0.1) is 0 Å². The molecule has 0 saturated carbocycles. The van der Waals surface area contributed by atoms with Crippen LogP contribution in [0.4, 0.5) is 11.4 Å². The van der Waals surface area contributed by atoms with E-state index >= 15 is 0 Å². The van der Waals surface area contributed by atoms with Crippen LogP contribution >= 0.6 is 0 Å². The second-order valence-electron chi connectivity index (χ2n) is 5.30. The molecule has 0 radical (unpaired) electrons. The first kappa shape index (κ1) is 18.7. The van der Waals surface area contributed by atoms with Crippen LogP contribution in [0.1, 0.15) is 15.9 Å². The van der Waals surface area contributed by atoms with E-state index < -0.39 is 35.6 Å². The van der Waals surface area contributed by atoms with E-state index in [1.165, 1.54) is 18.2 Å². The molecule has 2 aromatic carbocycles. The summed E-state index contributed by atoms with van der Waals surface area (Å²) < 4.78 is 0. The molecule has 0 aliphatic carbocycles. The first-order chi connectivity index (χ1) is 12.3. The van der Waals surface area contributed by atoms with Gasteiger partial charge in [0.15, 0.2) is 5.78 Å². The molecule has 4 N–H and O–H groups in total. The van der Waals surface area contributed by atoms with Gasteiger partial charge in [0, 0.05) is 17.7 Å². The van der Waals surface area contributed by atoms with E-state index in [0.29, 0.717) is 0 Å². The highest BCUT2D eigenvalue weighted by Gasteiger charge is 2.25. The van der Waals surface area contributed by atoms with Gasteiger partial charge in [0.2, 0.25) is 11.8 Å². The van der Waals surface area contributed by atoms with Crippen LogP contribution in [0, 0.1) is 10.1 Å². The molecule has 2 amide bonds. The molecule has 0 unspecified atom stereocenters. The molecule has 2 aromatic rings. The maximum absolute atomic E-state index is 12.8. The zero-order valence-corrected chi connectivity index (χ0v) is 13.6. The van der Waals surface area contributed by atoms with Gasteiger partial charge in [-0.1, -0.05) is 30.3 Å². The lowest BCUT2D eigenvalue weighted by atomic mass is 10.00. The zero-order chi connectivity index (χ0) is 19.3. The number of hydrogen-bond donors (Lipinski definition) is 2. The lowest BCUT2D eigenvalue weighted by Crippen LogP contribution is -2.42. The summed E-state index contributed by atoms with van der Waals surface area (Å²) >= 11 is 0. The highest BCUT2D eigenvalue weighted by atomic mass is 16.6. The van der Waals surface area contributed by atoms with E-state index in [1.807, 2.05) is 0 Å². The molecule has 9 heteroatoms. The molecule has 134 valence electrons. The number of nitro groups is 1. The van der Waals surface area contributed by atoms with Gasteiger partial charge < -0.3 is 16.4 Å². The molecule has 0 aromatic heterocycles. The summed E-state index contributed by atoms with van der Waals surface area (Å²) in [6.45, 7) is -0.938. The summed E-state index contributed by atoms with van der Waals surface area (Å²) in [7, 11) is 0. The third kappa shape index (κ3) is 4.08. The Morgan fingerprint density at radius 3 is 2.27 bits per heavy atom. The normalized spacial score (nSPS) is 10.2. The summed E-state index contributed by atoms with van der Waals surface area (Å²) in [4.78, 5) is 47.7. The summed E-state index contributed by atoms with van der Waals surface area (Å²) in [5.74, 6) is -2.01. The predicted molar refractivity (Wildman–Crippen MR) is 93.6 cm³/mol. The lowest BCUT2D eigenvalue weighted by Gasteiger charge is -2.23. The molecular formula is C17H16N4O5. The number of hydrogen-bond acceptors (Lipinski definition) is 6. The van der Waals surface area contributed by atoms with Crippen molar-refractivity contribution in [2.45, 2.75) is 0 Å². The number of non-ortho nitro benzene ring substituents is 1. The standard InChI is InChI=1S/C17H16N4O5/c18-9-16(23)20(10-15(19)22)14-7-6-12(21(25)26)8-13(14)17(24)11-4-2-1-3-5-11/h1-8H,9-10,18H2,(H2,19,22). The van der Waals surface area contributed by atoms with Crippen LogP contribution in [-0.4, -0.2) is 35.6 Å². The monoisotopic (exact) mass is 356 g/mol. The molecule has 0 bridgehead atoms. The van der Waals surface area contributed by atoms with Crippen molar-refractivity contribution in [3.05, 3.63) is 69.8 Å². The van der Waals surface area contributed by atoms with E-state index in [9.17, 15) is 24.5 Å². The summed E-state index contributed by atoms with van der Waals surface area (Å²) in [5.41, 5.74) is 10.4. The largest absolute Gasteiger partial charge is 0.368 e. The van der Waals surface area contributed by atoms with Gasteiger partial charge in [0.1, 0.15) is 6.54 Å². The average molecular weight is 356 g/mol. The van der Waals surface area contributed by atoms with Crippen LogP contribution in [0.2, 0.25) is 0 Å². The van der Waals surface area contributed by atoms with Crippen LogP contribution in [0.25, 0.3) is 0 Å². The number of nitrogens with two attached hydrogens (primary N) is 2. The smallest absolute Gasteiger partial charge is 0.270 e. The molecule has 2 rings (SSSR count). The van der Waals surface area contributed by atoms with Crippen LogP contribution in [0.5, 0.6) is 0 Å². The topological polar surface area (TPSA) is 150 Å². The maximum Gasteiger partial charge on any atom is 0.270 e. The molecule has 0 atom stereocenters. The van der Waals surface area contributed by atoms with Gasteiger partial charge in [0.25, 0.3) is 5.69 Å². The van der Waals surface area contributed by atoms with Crippen molar-refractivity contribution < 1.29 is 19.3 Å². The van der Waals surface area contributed by atoms with E-state index in [-0.39, 0.29) is 22.5 Å². The summed E-state index contributed by atoms with van der Waals surface area (Å²) in [5, 5.41) is 11.1. The van der Waals surface area contributed by atoms with Crippen LogP contribution < -0.4 is 16.4 Å². The molecule has 26 heavy (non-hydrogen) atoms. The minimum atomic E-state index is -0.816. The Morgan fingerprint density at radius 1 is 1.08 bits per heavy atom. The van der Waals surface area contributed by atoms with Gasteiger partial charge in [-0.25, -0.2) is 0 Å². The van der Waals surface area contributed by atoms with E-state index in [4.69, 9.17) is 11.5 Å². The number of benzene rings is 2. The minimum absolute atomic E-state index is 0.0266. The Kier molecular flexibility index (Phi) is 5.76. The maximum atomic E-state index is 12.8. The Morgan fingerprint density at radius 2 is 1.73 bits per heavy atom. The van der Waals surface area contributed by atoms with E-state index in [0.717, 1.165) is 17.0 Å². The second-order valence-corrected chi connectivity index (χ2v) is 5.30. The minimum Gasteiger partial charge on any atom is -0.368 e. The lowest BCUT2D eigenvalue weighted by molar-refractivity contribution is -0.384. The van der Waals surface area contributed by atoms with Crippen molar-refractivity contribution in [3.8, 4) is 0 Å². The number of carbonyl (C=O) groups is 3.